The lowest BCUT2D eigenvalue weighted by Gasteiger charge is -2.16. The summed E-state index contributed by atoms with van der Waals surface area (Å²) in [5.74, 6) is -0.393. The van der Waals surface area contributed by atoms with Crippen molar-refractivity contribution < 1.29 is 19.8 Å². The zero-order chi connectivity index (χ0) is 13.8. The molecule has 0 saturated carbocycles. The molecule has 1 saturated heterocycles. The molecular formula is C13H16N2O4. The third-order valence-corrected chi connectivity index (χ3v) is 2.91. The van der Waals surface area contributed by atoms with E-state index in [1.54, 1.807) is 24.3 Å². The van der Waals surface area contributed by atoms with E-state index in [0.717, 1.165) is 0 Å². The molecule has 1 aromatic carbocycles. The molecule has 19 heavy (non-hydrogen) atoms. The first kappa shape index (κ1) is 13.5. The van der Waals surface area contributed by atoms with E-state index in [9.17, 15) is 14.7 Å². The molecular weight excluding hydrogens is 248 g/mol. The van der Waals surface area contributed by atoms with E-state index in [1.165, 1.54) is 4.90 Å². The maximum Gasteiger partial charge on any atom is 0.234 e. The number of imide groups is 1. The normalized spacial score (nSPS) is 16.8. The molecule has 1 aliphatic rings. The van der Waals surface area contributed by atoms with E-state index in [-0.39, 0.29) is 37.8 Å². The molecule has 0 spiro atoms. The second-order valence-electron chi connectivity index (χ2n) is 4.39. The average Bonchev–Trinajstić information content (AvgIpc) is 2.75. The predicted octanol–water partition coefficient (Wildman–Crippen LogP) is 0.105. The van der Waals surface area contributed by atoms with Crippen molar-refractivity contribution in [3.8, 4) is 0 Å². The molecule has 102 valence electrons. The minimum Gasteiger partial charge on any atom is -0.394 e. The van der Waals surface area contributed by atoms with Gasteiger partial charge in [-0.3, -0.25) is 14.5 Å². The van der Waals surface area contributed by atoms with Gasteiger partial charge in [-0.05, 0) is 18.2 Å². The Balaban J connectivity index is 2.11. The average molecular weight is 264 g/mol. The van der Waals surface area contributed by atoms with Crippen LogP contribution in [-0.4, -0.2) is 41.3 Å². The molecule has 3 N–H and O–H groups in total. The van der Waals surface area contributed by atoms with Crippen LogP contribution in [0, 0.1) is 0 Å². The SMILES string of the molecule is O=C1CCC(=O)N1c1cccc(NCC(O)CO)c1. The van der Waals surface area contributed by atoms with Crippen molar-refractivity contribution in [2.45, 2.75) is 18.9 Å². The van der Waals surface area contributed by atoms with Crippen LogP contribution in [0.3, 0.4) is 0 Å². The summed E-state index contributed by atoms with van der Waals surface area (Å²) in [6.07, 6.45) is -0.349. The Morgan fingerprint density at radius 1 is 1.26 bits per heavy atom. The number of nitrogens with one attached hydrogen (secondary N) is 1. The van der Waals surface area contributed by atoms with Crippen LogP contribution < -0.4 is 10.2 Å². The molecule has 0 bridgehead atoms. The summed E-state index contributed by atoms with van der Waals surface area (Å²) in [4.78, 5) is 24.4. The summed E-state index contributed by atoms with van der Waals surface area (Å²) < 4.78 is 0. The number of anilines is 2. The molecule has 2 rings (SSSR count). The van der Waals surface area contributed by atoms with Crippen molar-refractivity contribution in [2.75, 3.05) is 23.4 Å². The fraction of sp³-hybridized carbons (Fsp3) is 0.385. The summed E-state index contributed by atoms with van der Waals surface area (Å²) in [6.45, 7) is -0.127. The largest absolute Gasteiger partial charge is 0.394 e. The maximum atomic E-state index is 11.6. The fourth-order valence-electron chi connectivity index (χ4n) is 1.92. The summed E-state index contributed by atoms with van der Waals surface area (Å²) in [5, 5.41) is 20.9. The van der Waals surface area contributed by atoms with Crippen molar-refractivity contribution in [3.63, 3.8) is 0 Å². The summed E-state index contributed by atoms with van der Waals surface area (Å²) in [5.41, 5.74) is 1.20. The highest BCUT2D eigenvalue weighted by molar-refractivity contribution is 6.19. The Hall–Kier alpha value is -1.92. The van der Waals surface area contributed by atoms with E-state index < -0.39 is 6.10 Å². The Morgan fingerprint density at radius 3 is 2.58 bits per heavy atom. The maximum absolute atomic E-state index is 11.6. The molecule has 1 unspecified atom stereocenters. The van der Waals surface area contributed by atoms with E-state index in [4.69, 9.17) is 5.11 Å². The summed E-state index contributed by atoms with van der Waals surface area (Å²) >= 11 is 0. The van der Waals surface area contributed by atoms with E-state index in [0.29, 0.717) is 11.4 Å². The minimum atomic E-state index is -0.848. The third-order valence-electron chi connectivity index (χ3n) is 2.91. The van der Waals surface area contributed by atoms with Crippen LogP contribution in [0.4, 0.5) is 11.4 Å². The number of hydrogen-bond acceptors (Lipinski definition) is 5. The number of carbonyl (C=O) groups is 2. The lowest BCUT2D eigenvalue weighted by atomic mass is 10.2. The zero-order valence-corrected chi connectivity index (χ0v) is 10.4. The Kier molecular flexibility index (Phi) is 4.13. The number of rotatable bonds is 5. The van der Waals surface area contributed by atoms with Crippen LogP contribution in [0.1, 0.15) is 12.8 Å². The van der Waals surface area contributed by atoms with Gasteiger partial charge in [0.1, 0.15) is 0 Å². The first-order chi connectivity index (χ1) is 9.11. The number of benzene rings is 1. The van der Waals surface area contributed by atoms with E-state index in [1.807, 2.05) is 0 Å². The number of hydrogen-bond donors (Lipinski definition) is 3. The fourth-order valence-corrected chi connectivity index (χ4v) is 1.92. The van der Waals surface area contributed by atoms with Gasteiger partial charge in [0.05, 0.1) is 18.4 Å². The second-order valence-corrected chi connectivity index (χ2v) is 4.39. The Labute approximate surface area is 110 Å². The van der Waals surface area contributed by atoms with Gasteiger partial charge in [-0.1, -0.05) is 6.07 Å². The van der Waals surface area contributed by atoms with Gasteiger partial charge in [-0.25, -0.2) is 0 Å². The standard InChI is InChI=1S/C13H16N2O4/c16-8-11(17)7-14-9-2-1-3-10(6-9)15-12(18)4-5-13(15)19/h1-3,6,11,14,16-17H,4-5,7-8H2. The molecule has 6 heteroatoms. The number of nitrogens with zero attached hydrogens (tertiary/aromatic N) is 1. The van der Waals surface area contributed by atoms with Gasteiger partial charge in [0.15, 0.2) is 0 Å². The van der Waals surface area contributed by atoms with Gasteiger partial charge >= 0.3 is 0 Å². The molecule has 6 nitrogen and oxygen atoms in total. The Bertz CT molecular complexity index is 473. The van der Waals surface area contributed by atoms with Crippen LogP contribution in [0.15, 0.2) is 24.3 Å². The van der Waals surface area contributed by atoms with Crippen LogP contribution in [0.2, 0.25) is 0 Å². The molecule has 1 aliphatic heterocycles. The summed E-state index contributed by atoms with van der Waals surface area (Å²) in [6, 6.07) is 6.85. The number of aliphatic hydroxyl groups excluding tert-OH is 2. The topological polar surface area (TPSA) is 89.9 Å². The van der Waals surface area contributed by atoms with Gasteiger partial charge < -0.3 is 15.5 Å². The number of carbonyl (C=O) groups excluding carboxylic acids is 2. The monoisotopic (exact) mass is 264 g/mol. The molecule has 0 aromatic heterocycles. The van der Waals surface area contributed by atoms with Crippen molar-refractivity contribution in [1.29, 1.82) is 0 Å². The highest BCUT2D eigenvalue weighted by atomic mass is 16.3. The molecule has 2 amide bonds. The van der Waals surface area contributed by atoms with Crippen molar-refractivity contribution in [3.05, 3.63) is 24.3 Å². The van der Waals surface area contributed by atoms with Gasteiger partial charge in [0.25, 0.3) is 0 Å². The lowest BCUT2D eigenvalue weighted by molar-refractivity contribution is -0.121. The molecule has 1 aromatic rings. The lowest BCUT2D eigenvalue weighted by Crippen LogP contribution is -2.28. The van der Waals surface area contributed by atoms with Crippen LogP contribution >= 0.6 is 0 Å². The van der Waals surface area contributed by atoms with E-state index >= 15 is 0 Å². The summed E-state index contributed by atoms with van der Waals surface area (Å²) in [7, 11) is 0. The number of amides is 2. The van der Waals surface area contributed by atoms with Gasteiger partial charge in [0, 0.05) is 25.1 Å². The highest BCUT2D eigenvalue weighted by Gasteiger charge is 2.30. The van der Waals surface area contributed by atoms with Gasteiger partial charge in [0.2, 0.25) is 11.8 Å². The van der Waals surface area contributed by atoms with E-state index in [2.05, 4.69) is 5.32 Å². The van der Waals surface area contributed by atoms with Crippen LogP contribution in [0.25, 0.3) is 0 Å². The van der Waals surface area contributed by atoms with Gasteiger partial charge in [-0.15, -0.1) is 0 Å². The molecule has 1 atom stereocenters. The molecule has 0 aliphatic carbocycles. The van der Waals surface area contributed by atoms with Crippen molar-refractivity contribution in [2.24, 2.45) is 0 Å². The first-order valence-corrected chi connectivity index (χ1v) is 6.10. The minimum absolute atomic E-state index is 0.196. The third kappa shape index (κ3) is 3.10. The smallest absolute Gasteiger partial charge is 0.234 e. The van der Waals surface area contributed by atoms with Crippen LogP contribution in [-0.2, 0) is 9.59 Å². The molecule has 0 radical (unpaired) electrons. The Morgan fingerprint density at radius 2 is 1.95 bits per heavy atom. The predicted molar refractivity (Wildman–Crippen MR) is 69.8 cm³/mol. The highest BCUT2D eigenvalue weighted by Crippen LogP contribution is 2.25. The number of aliphatic hydroxyl groups is 2. The van der Waals surface area contributed by atoms with Crippen LogP contribution in [0.5, 0.6) is 0 Å². The first-order valence-electron chi connectivity index (χ1n) is 6.10. The second kappa shape index (κ2) is 5.81. The van der Waals surface area contributed by atoms with Gasteiger partial charge in [-0.2, -0.15) is 0 Å². The molecule has 1 fully saturated rings. The van der Waals surface area contributed by atoms with Crippen molar-refractivity contribution in [1.82, 2.24) is 0 Å². The molecule has 1 heterocycles. The quantitative estimate of drug-likeness (QED) is 0.656. The van der Waals surface area contributed by atoms with Crippen molar-refractivity contribution >= 4 is 23.2 Å². The zero-order valence-electron chi connectivity index (χ0n) is 10.4.